The first-order valence-corrected chi connectivity index (χ1v) is 6.61. The van der Waals surface area contributed by atoms with E-state index in [0.717, 1.165) is 12.1 Å². The summed E-state index contributed by atoms with van der Waals surface area (Å²) in [6, 6.07) is 1.72. The number of rotatable bonds is 5. The van der Waals surface area contributed by atoms with Crippen molar-refractivity contribution < 1.29 is 14.3 Å². The molecule has 0 aromatic carbocycles. The molecule has 1 aromatic heterocycles. The van der Waals surface area contributed by atoms with Crippen LogP contribution in [-0.4, -0.2) is 17.6 Å². The van der Waals surface area contributed by atoms with E-state index in [-0.39, 0.29) is 5.76 Å². The summed E-state index contributed by atoms with van der Waals surface area (Å²) in [7, 11) is 0. The van der Waals surface area contributed by atoms with Crippen LogP contribution in [0.15, 0.2) is 16.7 Å². The van der Waals surface area contributed by atoms with Gasteiger partial charge in [0.25, 0.3) is 0 Å². The number of hydrogen-bond donors (Lipinski definition) is 2. The maximum atomic E-state index is 10.9. The fraction of sp³-hybridized carbons (Fsp3) is 0.643. The first-order chi connectivity index (χ1) is 8.61. The lowest BCUT2D eigenvalue weighted by molar-refractivity contribution is 0.0660. The SMILES string of the molecule is CC1(CNCc2ccoc2C(=O)O)CCCCC1. The molecule has 4 nitrogen and oxygen atoms in total. The van der Waals surface area contributed by atoms with Crippen LogP contribution >= 0.6 is 0 Å². The number of hydrogen-bond acceptors (Lipinski definition) is 3. The topological polar surface area (TPSA) is 62.5 Å². The van der Waals surface area contributed by atoms with E-state index in [1.54, 1.807) is 6.07 Å². The molecule has 2 N–H and O–H groups in total. The highest BCUT2D eigenvalue weighted by Crippen LogP contribution is 2.34. The summed E-state index contributed by atoms with van der Waals surface area (Å²) in [4.78, 5) is 10.9. The molecule has 0 aliphatic heterocycles. The number of carboxylic acid groups (broad SMARTS) is 1. The molecule has 0 bridgehead atoms. The molecule has 0 radical (unpaired) electrons. The van der Waals surface area contributed by atoms with Crippen LogP contribution in [0.2, 0.25) is 0 Å². The first-order valence-electron chi connectivity index (χ1n) is 6.61. The molecule has 1 aliphatic carbocycles. The van der Waals surface area contributed by atoms with Crippen LogP contribution in [0.4, 0.5) is 0 Å². The van der Waals surface area contributed by atoms with E-state index in [9.17, 15) is 4.79 Å². The van der Waals surface area contributed by atoms with E-state index in [2.05, 4.69) is 12.2 Å². The average Bonchev–Trinajstić information content (AvgIpc) is 2.78. The fourth-order valence-corrected chi connectivity index (χ4v) is 2.74. The molecule has 18 heavy (non-hydrogen) atoms. The lowest BCUT2D eigenvalue weighted by atomic mass is 9.76. The number of aromatic carboxylic acids is 1. The summed E-state index contributed by atoms with van der Waals surface area (Å²) < 4.78 is 4.95. The number of carbonyl (C=O) groups is 1. The molecule has 1 saturated carbocycles. The smallest absolute Gasteiger partial charge is 0.372 e. The number of nitrogens with one attached hydrogen (secondary N) is 1. The lowest BCUT2D eigenvalue weighted by Crippen LogP contribution is -2.33. The zero-order valence-corrected chi connectivity index (χ0v) is 10.9. The van der Waals surface area contributed by atoms with E-state index in [1.807, 2.05) is 0 Å². The van der Waals surface area contributed by atoms with Gasteiger partial charge >= 0.3 is 5.97 Å². The van der Waals surface area contributed by atoms with Crippen molar-refractivity contribution in [1.82, 2.24) is 5.32 Å². The van der Waals surface area contributed by atoms with Crippen molar-refractivity contribution in [3.63, 3.8) is 0 Å². The van der Waals surface area contributed by atoms with Crippen molar-refractivity contribution in [2.45, 2.75) is 45.6 Å². The van der Waals surface area contributed by atoms with Gasteiger partial charge in [-0.15, -0.1) is 0 Å². The van der Waals surface area contributed by atoms with Gasteiger partial charge in [0.15, 0.2) is 0 Å². The zero-order valence-electron chi connectivity index (χ0n) is 10.9. The first kappa shape index (κ1) is 13.1. The van der Waals surface area contributed by atoms with Crippen LogP contribution in [0.5, 0.6) is 0 Å². The highest BCUT2D eigenvalue weighted by Gasteiger charge is 2.26. The molecule has 4 heteroatoms. The Labute approximate surface area is 107 Å². The highest BCUT2D eigenvalue weighted by molar-refractivity contribution is 5.86. The van der Waals surface area contributed by atoms with E-state index < -0.39 is 5.97 Å². The van der Waals surface area contributed by atoms with Crippen LogP contribution in [-0.2, 0) is 6.54 Å². The summed E-state index contributed by atoms with van der Waals surface area (Å²) >= 11 is 0. The van der Waals surface area contributed by atoms with Crippen LogP contribution < -0.4 is 5.32 Å². The largest absolute Gasteiger partial charge is 0.475 e. The Morgan fingerprint density at radius 1 is 1.44 bits per heavy atom. The minimum absolute atomic E-state index is 0.0521. The summed E-state index contributed by atoms with van der Waals surface area (Å²) in [6.07, 6.45) is 7.92. The van der Waals surface area contributed by atoms with Gasteiger partial charge in [-0.05, 0) is 24.3 Å². The monoisotopic (exact) mass is 251 g/mol. The Hall–Kier alpha value is -1.29. The van der Waals surface area contributed by atoms with Crippen molar-refractivity contribution in [3.8, 4) is 0 Å². The van der Waals surface area contributed by atoms with Gasteiger partial charge in [0, 0.05) is 18.7 Å². The second-order valence-corrected chi connectivity index (χ2v) is 5.55. The molecule has 0 amide bonds. The van der Waals surface area contributed by atoms with Crippen LogP contribution in [0.25, 0.3) is 0 Å². The lowest BCUT2D eigenvalue weighted by Gasteiger charge is -2.33. The Balaban J connectivity index is 1.84. The van der Waals surface area contributed by atoms with Gasteiger partial charge in [-0.1, -0.05) is 26.2 Å². The van der Waals surface area contributed by atoms with Crippen molar-refractivity contribution in [2.75, 3.05) is 6.54 Å². The number of furan rings is 1. The predicted molar refractivity (Wildman–Crippen MR) is 68.6 cm³/mol. The Kier molecular flexibility index (Phi) is 4.07. The summed E-state index contributed by atoms with van der Waals surface area (Å²) in [5, 5.41) is 12.3. The van der Waals surface area contributed by atoms with E-state index in [4.69, 9.17) is 9.52 Å². The molecule has 1 aromatic rings. The minimum Gasteiger partial charge on any atom is -0.475 e. The van der Waals surface area contributed by atoms with Crippen LogP contribution in [0, 0.1) is 5.41 Å². The Morgan fingerprint density at radius 3 is 2.83 bits per heavy atom. The predicted octanol–water partition coefficient (Wildman–Crippen LogP) is 3.04. The Bertz CT molecular complexity index is 405. The quantitative estimate of drug-likeness (QED) is 0.844. The van der Waals surface area contributed by atoms with Gasteiger partial charge in [-0.25, -0.2) is 4.79 Å². The molecule has 1 fully saturated rings. The van der Waals surface area contributed by atoms with Gasteiger partial charge in [-0.3, -0.25) is 0 Å². The van der Waals surface area contributed by atoms with Gasteiger partial charge in [0.2, 0.25) is 5.76 Å². The molecule has 2 rings (SSSR count). The molecule has 0 atom stereocenters. The van der Waals surface area contributed by atoms with Gasteiger partial charge < -0.3 is 14.8 Å². The van der Waals surface area contributed by atoms with Gasteiger partial charge in [0.1, 0.15) is 0 Å². The van der Waals surface area contributed by atoms with Gasteiger partial charge in [-0.2, -0.15) is 0 Å². The van der Waals surface area contributed by atoms with E-state index in [0.29, 0.717) is 12.0 Å². The average molecular weight is 251 g/mol. The zero-order chi connectivity index (χ0) is 13.0. The second kappa shape index (κ2) is 5.57. The van der Waals surface area contributed by atoms with E-state index >= 15 is 0 Å². The number of carboxylic acids is 1. The highest BCUT2D eigenvalue weighted by atomic mass is 16.4. The van der Waals surface area contributed by atoms with Crippen LogP contribution in [0.1, 0.15) is 55.1 Å². The van der Waals surface area contributed by atoms with Gasteiger partial charge in [0.05, 0.1) is 6.26 Å². The molecular weight excluding hydrogens is 230 g/mol. The Morgan fingerprint density at radius 2 is 2.17 bits per heavy atom. The third-order valence-electron chi connectivity index (χ3n) is 3.87. The summed E-state index contributed by atoms with van der Waals surface area (Å²) in [5.74, 6) is -0.947. The van der Waals surface area contributed by atoms with Crippen molar-refractivity contribution in [3.05, 3.63) is 23.7 Å². The molecule has 1 aliphatic rings. The normalized spacial score (nSPS) is 18.7. The molecular formula is C14H21NO3. The maximum absolute atomic E-state index is 10.9. The molecule has 1 heterocycles. The third kappa shape index (κ3) is 3.13. The van der Waals surface area contributed by atoms with Crippen molar-refractivity contribution in [1.29, 1.82) is 0 Å². The third-order valence-corrected chi connectivity index (χ3v) is 3.87. The molecule has 0 spiro atoms. The van der Waals surface area contributed by atoms with Crippen molar-refractivity contribution >= 4 is 5.97 Å². The molecule has 0 saturated heterocycles. The standard InChI is InChI=1S/C14H21NO3/c1-14(6-3-2-4-7-14)10-15-9-11-5-8-18-12(11)13(16)17/h5,8,15H,2-4,6-7,9-10H2,1H3,(H,16,17). The van der Waals surface area contributed by atoms with Crippen molar-refractivity contribution in [2.24, 2.45) is 5.41 Å². The fourth-order valence-electron chi connectivity index (χ4n) is 2.74. The summed E-state index contributed by atoms with van der Waals surface area (Å²) in [6.45, 7) is 3.82. The molecule has 100 valence electrons. The summed E-state index contributed by atoms with van der Waals surface area (Å²) in [5.41, 5.74) is 1.09. The second-order valence-electron chi connectivity index (χ2n) is 5.55. The minimum atomic E-state index is -0.999. The molecule has 0 unspecified atom stereocenters. The van der Waals surface area contributed by atoms with E-state index in [1.165, 1.54) is 38.4 Å². The van der Waals surface area contributed by atoms with Crippen LogP contribution in [0.3, 0.4) is 0 Å². The maximum Gasteiger partial charge on any atom is 0.372 e.